The van der Waals surface area contributed by atoms with Gasteiger partial charge in [-0.25, -0.2) is 9.50 Å². The fraction of sp³-hybridized carbons (Fsp3) is 0.0556. The van der Waals surface area contributed by atoms with E-state index in [0.717, 1.165) is 15.6 Å². The van der Waals surface area contributed by atoms with Crippen molar-refractivity contribution in [2.45, 2.75) is 0 Å². The third-order valence-corrected chi connectivity index (χ3v) is 5.10. The van der Waals surface area contributed by atoms with Crippen molar-refractivity contribution >= 4 is 38.9 Å². The number of H-pyrrole nitrogens is 1. The molecular weight excluding hydrogens is 378 g/mol. The Balaban J connectivity index is 1.54. The first-order chi connectivity index (χ1) is 13.7. The van der Waals surface area contributed by atoms with E-state index in [1.54, 1.807) is 42.5 Å². The van der Waals surface area contributed by atoms with Gasteiger partial charge in [-0.3, -0.25) is 9.89 Å². The molecule has 0 aliphatic carbocycles. The normalized spacial score (nSPS) is 11.2. The number of aromatic nitrogens is 6. The zero-order valence-corrected chi connectivity index (χ0v) is 15.4. The summed E-state index contributed by atoms with van der Waals surface area (Å²) in [6, 6.07) is 5.61. The van der Waals surface area contributed by atoms with Crippen molar-refractivity contribution in [3.05, 3.63) is 54.7 Å². The lowest BCUT2D eigenvalue weighted by molar-refractivity contribution is 0.102. The van der Waals surface area contributed by atoms with Crippen LogP contribution in [0, 0.1) is 0 Å². The quantitative estimate of drug-likeness (QED) is 0.487. The Morgan fingerprint density at radius 1 is 1.32 bits per heavy atom. The molecule has 4 heterocycles. The van der Waals surface area contributed by atoms with Crippen LogP contribution in [0.15, 0.2) is 49.2 Å². The molecule has 2 N–H and O–H groups in total. The highest BCUT2D eigenvalue weighted by atomic mass is 32.1. The summed E-state index contributed by atoms with van der Waals surface area (Å²) < 4.78 is 12.3. The SMILES string of the molecule is COc1cc2cnsc2cc1-c1n[nH]cc1NC(=O)c1cnn2cccnc12. The van der Waals surface area contributed by atoms with Gasteiger partial charge in [0.1, 0.15) is 17.0 Å². The van der Waals surface area contributed by atoms with Gasteiger partial charge in [0.05, 0.1) is 23.7 Å². The average Bonchev–Trinajstić information content (AvgIpc) is 3.45. The Morgan fingerprint density at radius 2 is 2.25 bits per heavy atom. The number of anilines is 1. The van der Waals surface area contributed by atoms with Crippen molar-refractivity contribution in [1.82, 2.24) is 29.2 Å². The first kappa shape index (κ1) is 16.4. The van der Waals surface area contributed by atoms with Crippen LogP contribution in [0.3, 0.4) is 0 Å². The van der Waals surface area contributed by atoms with Crippen LogP contribution in [0.1, 0.15) is 10.4 Å². The van der Waals surface area contributed by atoms with Gasteiger partial charge in [-0.1, -0.05) is 0 Å². The van der Waals surface area contributed by atoms with Crippen molar-refractivity contribution in [3.8, 4) is 17.0 Å². The van der Waals surface area contributed by atoms with Crippen LogP contribution >= 0.6 is 11.5 Å². The van der Waals surface area contributed by atoms with Gasteiger partial charge < -0.3 is 10.1 Å². The Hall–Kier alpha value is -3.79. The van der Waals surface area contributed by atoms with Crippen LogP contribution in [0.25, 0.3) is 27.0 Å². The second-order valence-corrected chi connectivity index (χ2v) is 6.80. The monoisotopic (exact) mass is 391 g/mol. The Bertz CT molecular complexity index is 1320. The third-order valence-electron chi connectivity index (χ3n) is 4.34. The first-order valence-electron chi connectivity index (χ1n) is 8.31. The van der Waals surface area contributed by atoms with E-state index < -0.39 is 0 Å². The molecule has 1 aromatic carbocycles. The van der Waals surface area contributed by atoms with Crippen LogP contribution in [-0.2, 0) is 0 Å². The minimum atomic E-state index is -0.325. The molecule has 0 saturated heterocycles. The lowest BCUT2D eigenvalue weighted by Crippen LogP contribution is -2.12. The van der Waals surface area contributed by atoms with Crippen LogP contribution in [-0.4, -0.2) is 42.2 Å². The van der Waals surface area contributed by atoms with E-state index >= 15 is 0 Å². The summed E-state index contributed by atoms with van der Waals surface area (Å²) in [4.78, 5) is 17.0. The number of carbonyl (C=O) groups excluding carboxylic acids is 1. The second kappa shape index (κ2) is 6.43. The van der Waals surface area contributed by atoms with Gasteiger partial charge in [0.2, 0.25) is 0 Å². The van der Waals surface area contributed by atoms with E-state index in [-0.39, 0.29) is 5.91 Å². The van der Waals surface area contributed by atoms with Crippen LogP contribution < -0.4 is 10.1 Å². The molecule has 4 aromatic heterocycles. The van der Waals surface area contributed by atoms with Crippen molar-refractivity contribution in [3.63, 3.8) is 0 Å². The van der Waals surface area contributed by atoms with Crippen molar-refractivity contribution < 1.29 is 9.53 Å². The van der Waals surface area contributed by atoms with Gasteiger partial charge in [-0.05, 0) is 29.7 Å². The molecule has 138 valence electrons. The molecular formula is C18H13N7O2S. The largest absolute Gasteiger partial charge is 0.496 e. The number of ether oxygens (including phenoxy) is 1. The molecule has 0 spiro atoms. The maximum absolute atomic E-state index is 12.8. The zero-order chi connectivity index (χ0) is 19.1. The van der Waals surface area contributed by atoms with E-state index in [4.69, 9.17) is 4.74 Å². The maximum atomic E-state index is 12.8. The molecule has 0 fully saturated rings. The number of fused-ring (bicyclic) bond motifs is 2. The number of hydrogen-bond donors (Lipinski definition) is 2. The molecule has 0 bridgehead atoms. The number of amides is 1. The average molecular weight is 391 g/mol. The minimum Gasteiger partial charge on any atom is -0.496 e. The summed E-state index contributed by atoms with van der Waals surface area (Å²) >= 11 is 1.39. The number of aromatic amines is 1. The molecule has 0 radical (unpaired) electrons. The topological polar surface area (TPSA) is 110 Å². The van der Waals surface area contributed by atoms with E-state index in [0.29, 0.717) is 28.3 Å². The van der Waals surface area contributed by atoms with Gasteiger partial charge in [0.25, 0.3) is 5.91 Å². The summed E-state index contributed by atoms with van der Waals surface area (Å²) in [6.07, 6.45) is 8.26. The predicted molar refractivity (Wildman–Crippen MR) is 105 cm³/mol. The van der Waals surface area contributed by atoms with Gasteiger partial charge >= 0.3 is 0 Å². The lowest BCUT2D eigenvalue weighted by atomic mass is 10.1. The van der Waals surface area contributed by atoms with E-state index in [1.165, 1.54) is 17.7 Å². The van der Waals surface area contributed by atoms with Gasteiger partial charge in [-0.2, -0.15) is 14.6 Å². The number of rotatable bonds is 4. The molecule has 9 nitrogen and oxygen atoms in total. The van der Waals surface area contributed by atoms with Crippen molar-refractivity contribution in [2.75, 3.05) is 12.4 Å². The number of nitrogens with zero attached hydrogens (tertiary/aromatic N) is 5. The Kier molecular flexibility index (Phi) is 3.76. The van der Waals surface area contributed by atoms with Crippen molar-refractivity contribution in [1.29, 1.82) is 0 Å². The summed E-state index contributed by atoms with van der Waals surface area (Å²) in [5.74, 6) is 0.321. The lowest BCUT2D eigenvalue weighted by Gasteiger charge is -2.09. The molecule has 0 aliphatic heterocycles. The fourth-order valence-electron chi connectivity index (χ4n) is 3.02. The number of hydrogen-bond acceptors (Lipinski definition) is 7. The van der Waals surface area contributed by atoms with Crippen molar-refractivity contribution in [2.24, 2.45) is 0 Å². The third kappa shape index (κ3) is 2.58. The molecule has 0 saturated carbocycles. The molecule has 1 amide bonds. The van der Waals surface area contributed by atoms with Crippen LogP contribution in [0.4, 0.5) is 5.69 Å². The molecule has 0 unspecified atom stereocenters. The molecule has 10 heteroatoms. The Morgan fingerprint density at radius 3 is 3.14 bits per heavy atom. The number of benzene rings is 1. The summed E-state index contributed by atoms with van der Waals surface area (Å²) in [5.41, 5.74) is 2.72. The number of nitrogens with one attached hydrogen (secondary N) is 2. The second-order valence-electron chi connectivity index (χ2n) is 5.96. The van der Waals surface area contributed by atoms with Gasteiger partial charge in [-0.15, -0.1) is 0 Å². The fourth-order valence-corrected chi connectivity index (χ4v) is 3.68. The Labute approximate surface area is 162 Å². The number of methoxy groups -OCH3 is 1. The predicted octanol–water partition coefficient (Wildman–Crippen LogP) is 2.99. The highest BCUT2D eigenvalue weighted by molar-refractivity contribution is 7.13. The van der Waals surface area contributed by atoms with E-state index in [2.05, 4.69) is 30.0 Å². The highest BCUT2D eigenvalue weighted by Crippen LogP contribution is 2.37. The van der Waals surface area contributed by atoms with Crippen LogP contribution in [0.5, 0.6) is 5.75 Å². The summed E-state index contributed by atoms with van der Waals surface area (Å²) in [7, 11) is 1.60. The number of carbonyl (C=O) groups is 1. The standard InChI is InChI=1S/C18H13N7O2S/c1-27-14-5-10-7-22-28-15(10)6-11(14)16-13(9-20-24-16)23-18(26)12-8-21-25-4-2-3-19-17(12)25/h2-9H,1H3,(H,20,24)(H,23,26). The molecule has 5 rings (SSSR count). The molecule has 5 aromatic rings. The molecule has 28 heavy (non-hydrogen) atoms. The zero-order valence-electron chi connectivity index (χ0n) is 14.6. The summed E-state index contributed by atoms with van der Waals surface area (Å²) in [6.45, 7) is 0. The minimum absolute atomic E-state index is 0.325. The summed E-state index contributed by atoms with van der Waals surface area (Å²) in [5, 5.41) is 15.1. The molecule has 0 atom stereocenters. The molecule has 0 aliphatic rings. The van der Waals surface area contributed by atoms with E-state index in [9.17, 15) is 4.79 Å². The van der Waals surface area contributed by atoms with E-state index in [1.807, 2.05) is 12.1 Å². The van der Waals surface area contributed by atoms with Gasteiger partial charge in [0.15, 0.2) is 5.65 Å². The highest BCUT2D eigenvalue weighted by Gasteiger charge is 2.19. The van der Waals surface area contributed by atoms with Crippen LogP contribution in [0.2, 0.25) is 0 Å². The maximum Gasteiger partial charge on any atom is 0.261 e. The first-order valence-corrected chi connectivity index (χ1v) is 9.08. The van der Waals surface area contributed by atoms with Gasteiger partial charge in [0, 0.05) is 35.7 Å². The smallest absolute Gasteiger partial charge is 0.261 e.